The number of nitrogens with zero attached hydrogens (tertiary/aromatic N) is 1. The van der Waals surface area contributed by atoms with E-state index in [0.717, 1.165) is 5.88 Å². The van der Waals surface area contributed by atoms with E-state index in [0.29, 0.717) is 12.0 Å². The molecule has 1 fully saturated rings. The van der Waals surface area contributed by atoms with E-state index in [4.69, 9.17) is 4.74 Å². The van der Waals surface area contributed by atoms with Crippen LogP contribution in [0.4, 0.5) is 0 Å². The summed E-state index contributed by atoms with van der Waals surface area (Å²) in [5.74, 6) is 1.33. The highest BCUT2D eigenvalue weighted by Gasteiger charge is 2.17. The number of hydrogen-bond acceptors (Lipinski definition) is 2. The summed E-state index contributed by atoms with van der Waals surface area (Å²) in [6.07, 6.45) is 8.55. The van der Waals surface area contributed by atoms with Crippen molar-refractivity contribution in [1.82, 2.24) is 4.98 Å². The van der Waals surface area contributed by atoms with Gasteiger partial charge in [0.2, 0.25) is 5.88 Å². The third-order valence-corrected chi connectivity index (χ3v) is 3.25. The van der Waals surface area contributed by atoms with Crippen molar-refractivity contribution >= 4 is 0 Å². The van der Waals surface area contributed by atoms with Crippen molar-refractivity contribution in [2.45, 2.75) is 58.0 Å². The molecule has 0 aliphatic heterocycles. The average Bonchev–Trinajstić information content (AvgIpc) is 2.31. The monoisotopic (exact) mass is 219 g/mol. The number of rotatable bonds is 3. The van der Waals surface area contributed by atoms with Gasteiger partial charge in [-0.25, -0.2) is 4.98 Å². The van der Waals surface area contributed by atoms with E-state index in [1.165, 1.54) is 37.7 Å². The largest absolute Gasteiger partial charge is 0.474 e. The summed E-state index contributed by atoms with van der Waals surface area (Å²) in [5, 5.41) is 0. The number of aromatic nitrogens is 1. The van der Waals surface area contributed by atoms with Gasteiger partial charge in [-0.2, -0.15) is 0 Å². The van der Waals surface area contributed by atoms with E-state index in [-0.39, 0.29) is 0 Å². The van der Waals surface area contributed by atoms with Crippen molar-refractivity contribution in [1.29, 1.82) is 0 Å². The van der Waals surface area contributed by atoms with Gasteiger partial charge in [-0.1, -0.05) is 26.3 Å². The van der Waals surface area contributed by atoms with E-state index in [9.17, 15) is 0 Å². The second-order valence-electron chi connectivity index (χ2n) is 4.93. The zero-order valence-electron chi connectivity index (χ0n) is 10.3. The van der Waals surface area contributed by atoms with Crippen molar-refractivity contribution in [3.8, 4) is 5.88 Å². The van der Waals surface area contributed by atoms with Gasteiger partial charge in [0, 0.05) is 11.8 Å². The van der Waals surface area contributed by atoms with Crippen molar-refractivity contribution < 1.29 is 4.74 Å². The summed E-state index contributed by atoms with van der Waals surface area (Å²) in [4.78, 5) is 4.37. The van der Waals surface area contributed by atoms with Gasteiger partial charge in [0.05, 0.1) is 0 Å². The van der Waals surface area contributed by atoms with Gasteiger partial charge in [-0.3, -0.25) is 0 Å². The lowest BCUT2D eigenvalue weighted by atomic mass is 9.97. The Labute approximate surface area is 98.0 Å². The minimum Gasteiger partial charge on any atom is -0.474 e. The van der Waals surface area contributed by atoms with Gasteiger partial charge in [-0.05, 0) is 37.7 Å². The molecule has 0 N–H and O–H groups in total. The van der Waals surface area contributed by atoms with Crippen LogP contribution in [-0.4, -0.2) is 11.1 Å². The van der Waals surface area contributed by atoms with Crippen LogP contribution >= 0.6 is 0 Å². The lowest BCUT2D eigenvalue weighted by Gasteiger charge is -2.24. The Morgan fingerprint density at radius 2 is 2.00 bits per heavy atom. The van der Waals surface area contributed by atoms with Crippen LogP contribution < -0.4 is 4.74 Å². The van der Waals surface area contributed by atoms with Gasteiger partial charge in [-0.15, -0.1) is 0 Å². The van der Waals surface area contributed by atoms with Crippen LogP contribution in [0.2, 0.25) is 0 Å². The molecule has 0 bridgehead atoms. The fourth-order valence-electron chi connectivity index (χ4n) is 2.28. The van der Waals surface area contributed by atoms with Crippen LogP contribution in [0.1, 0.15) is 57.4 Å². The molecule has 0 atom stereocenters. The van der Waals surface area contributed by atoms with Crippen LogP contribution in [0.5, 0.6) is 5.88 Å². The second kappa shape index (κ2) is 5.33. The molecule has 0 saturated heterocycles. The molecule has 1 heterocycles. The summed E-state index contributed by atoms with van der Waals surface area (Å²) in [7, 11) is 0. The molecule has 2 rings (SSSR count). The Balaban J connectivity index is 2.07. The van der Waals surface area contributed by atoms with Gasteiger partial charge in [0.15, 0.2) is 0 Å². The number of ether oxygens (including phenoxy) is 1. The summed E-state index contributed by atoms with van der Waals surface area (Å²) >= 11 is 0. The standard InChI is InChI=1S/C14H21NO/c1-11(2)13-9-6-10-15-14(13)16-12-7-4-3-5-8-12/h6,9-12H,3-5,7-8H2,1-2H3. The Hall–Kier alpha value is -1.05. The third kappa shape index (κ3) is 2.75. The van der Waals surface area contributed by atoms with Crippen LogP contribution in [0.15, 0.2) is 18.3 Å². The minimum atomic E-state index is 0.390. The number of hydrogen-bond donors (Lipinski definition) is 0. The van der Waals surface area contributed by atoms with Gasteiger partial charge in [0.1, 0.15) is 6.10 Å². The van der Waals surface area contributed by atoms with Crippen LogP contribution in [0.25, 0.3) is 0 Å². The van der Waals surface area contributed by atoms with E-state index in [2.05, 4.69) is 24.9 Å². The first kappa shape index (κ1) is 11.4. The molecule has 16 heavy (non-hydrogen) atoms. The summed E-state index contributed by atoms with van der Waals surface area (Å²) in [5.41, 5.74) is 1.23. The molecule has 0 unspecified atom stereocenters. The van der Waals surface area contributed by atoms with Crippen LogP contribution in [-0.2, 0) is 0 Å². The summed E-state index contributed by atoms with van der Waals surface area (Å²) < 4.78 is 6.04. The first-order chi connectivity index (χ1) is 7.77. The molecule has 1 aliphatic carbocycles. The highest BCUT2D eigenvalue weighted by atomic mass is 16.5. The Bertz CT molecular complexity index is 329. The summed E-state index contributed by atoms with van der Waals surface area (Å²) in [6, 6.07) is 4.11. The molecule has 2 heteroatoms. The maximum atomic E-state index is 6.04. The first-order valence-corrected chi connectivity index (χ1v) is 6.39. The van der Waals surface area contributed by atoms with Gasteiger partial charge >= 0.3 is 0 Å². The fraction of sp³-hybridized carbons (Fsp3) is 0.643. The predicted molar refractivity (Wildman–Crippen MR) is 65.8 cm³/mol. The van der Waals surface area contributed by atoms with E-state index in [1.807, 2.05) is 12.3 Å². The van der Waals surface area contributed by atoms with Gasteiger partial charge in [0.25, 0.3) is 0 Å². The maximum Gasteiger partial charge on any atom is 0.217 e. The molecular weight excluding hydrogens is 198 g/mol. The molecule has 1 aliphatic rings. The molecule has 1 saturated carbocycles. The fourth-order valence-corrected chi connectivity index (χ4v) is 2.28. The van der Waals surface area contributed by atoms with Crippen LogP contribution in [0.3, 0.4) is 0 Å². The van der Waals surface area contributed by atoms with Gasteiger partial charge < -0.3 is 4.74 Å². The molecule has 1 aromatic rings. The molecule has 88 valence electrons. The molecule has 0 aromatic carbocycles. The topological polar surface area (TPSA) is 22.1 Å². The Morgan fingerprint density at radius 3 is 2.69 bits per heavy atom. The lowest BCUT2D eigenvalue weighted by Crippen LogP contribution is -2.21. The second-order valence-corrected chi connectivity index (χ2v) is 4.93. The molecule has 0 amide bonds. The smallest absolute Gasteiger partial charge is 0.217 e. The van der Waals surface area contributed by atoms with E-state index >= 15 is 0 Å². The van der Waals surface area contributed by atoms with Crippen molar-refractivity contribution in [2.75, 3.05) is 0 Å². The predicted octanol–water partition coefficient (Wildman–Crippen LogP) is 3.92. The third-order valence-electron chi connectivity index (χ3n) is 3.25. The number of pyridine rings is 1. The lowest BCUT2D eigenvalue weighted by molar-refractivity contribution is 0.146. The van der Waals surface area contributed by atoms with Crippen molar-refractivity contribution in [3.05, 3.63) is 23.9 Å². The SMILES string of the molecule is CC(C)c1cccnc1OC1CCCCC1. The highest BCUT2D eigenvalue weighted by molar-refractivity contribution is 5.28. The normalized spacial score (nSPS) is 17.7. The van der Waals surface area contributed by atoms with E-state index < -0.39 is 0 Å². The minimum absolute atomic E-state index is 0.390. The Morgan fingerprint density at radius 1 is 1.25 bits per heavy atom. The molecule has 2 nitrogen and oxygen atoms in total. The quantitative estimate of drug-likeness (QED) is 0.768. The zero-order chi connectivity index (χ0) is 11.4. The summed E-state index contributed by atoms with van der Waals surface area (Å²) in [6.45, 7) is 4.37. The van der Waals surface area contributed by atoms with Crippen molar-refractivity contribution in [2.24, 2.45) is 0 Å². The first-order valence-electron chi connectivity index (χ1n) is 6.39. The molecular formula is C14H21NO. The molecule has 1 aromatic heterocycles. The van der Waals surface area contributed by atoms with Crippen LogP contribution in [0, 0.1) is 0 Å². The highest BCUT2D eigenvalue weighted by Crippen LogP contribution is 2.27. The molecule has 0 spiro atoms. The van der Waals surface area contributed by atoms with E-state index in [1.54, 1.807) is 0 Å². The van der Waals surface area contributed by atoms with Crippen molar-refractivity contribution in [3.63, 3.8) is 0 Å². The Kier molecular flexibility index (Phi) is 3.81. The maximum absolute atomic E-state index is 6.04. The average molecular weight is 219 g/mol. The zero-order valence-corrected chi connectivity index (χ0v) is 10.3. The molecule has 0 radical (unpaired) electrons.